The molecule has 2 aromatic carbocycles. The average Bonchev–Trinajstić information content (AvgIpc) is 3.15. The highest BCUT2D eigenvalue weighted by Gasteiger charge is 2.13. The third-order valence-corrected chi connectivity index (χ3v) is 3.83. The lowest BCUT2D eigenvalue weighted by molar-refractivity contribution is -0.125. The monoisotopic (exact) mass is 367 g/mol. The normalized spacial score (nSPS) is 10.9. The molecule has 0 aliphatic rings. The van der Waals surface area contributed by atoms with E-state index in [1.54, 1.807) is 38.4 Å². The molecule has 0 saturated carbocycles. The Kier molecular flexibility index (Phi) is 5.61. The van der Waals surface area contributed by atoms with Crippen molar-refractivity contribution in [1.82, 2.24) is 15.0 Å². The number of amides is 1. The van der Waals surface area contributed by atoms with Crippen LogP contribution in [0.3, 0.4) is 0 Å². The fourth-order valence-electron chi connectivity index (χ4n) is 2.35. The Morgan fingerprint density at radius 3 is 2.78 bits per heavy atom. The van der Waals surface area contributed by atoms with Gasteiger partial charge in [-0.1, -0.05) is 29.4 Å². The summed E-state index contributed by atoms with van der Waals surface area (Å²) in [5.74, 6) is 0.877. The number of ether oxygens (including phenoxy) is 1. The van der Waals surface area contributed by atoms with E-state index >= 15 is 0 Å². The molecule has 0 bridgehead atoms. The van der Waals surface area contributed by atoms with E-state index in [0.717, 1.165) is 11.1 Å². The van der Waals surface area contributed by atoms with Gasteiger partial charge in [-0.15, -0.1) is 0 Å². The van der Waals surface area contributed by atoms with E-state index in [1.165, 1.54) is 23.1 Å². The van der Waals surface area contributed by atoms with Crippen LogP contribution in [0.4, 0.5) is 4.39 Å². The second-order valence-corrected chi connectivity index (χ2v) is 5.82. The van der Waals surface area contributed by atoms with Gasteiger partial charge in [0.1, 0.15) is 11.6 Å². The van der Waals surface area contributed by atoms with Crippen molar-refractivity contribution >= 4 is 12.0 Å². The number of nitrogens with zero attached hydrogens (tertiary/aromatic N) is 3. The van der Waals surface area contributed by atoms with Crippen molar-refractivity contribution in [3.8, 4) is 17.1 Å². The summed E-state index contributed by atoms with van der Waals surface area (Å²) in [6, 6.07) is 13.2. The smallest absolute Gasteiger partial charge is 0.246 e. The highest BCUT2D eigenvalue weighted by Crippen LogP contribution is 2.21. The maximum Gasteiger partial charge on any atom is 0.246 e. The molecule has 0 atom stereocenters. The molecule has 1 heterocycles. The lowest BCUT2D eigenvalue weighted by Crippen LogP contribution is -2.24. The second-order valence-electron chi connectivity index (χ2n) is 5.82. The molecule has 0 N–H and O–H groups in total. The minimum absolute atomic E-state index is 0.170. The molecule has 7 heteroatoms. The van der Waals surface area contributed by atoms with Gasteiger partial charge in [0.05, 0.1) is 13.7 Å². The third kappa shape index (κ3) is 4.78. The molecule has 0 unspecified atom stereocenters. The first-order valence-corrected chi connectivity index (χ1v) is 8.21. The molecule has 1 aromatic heterocycles. The number of likely N-dealkylation sites (N-methyl/N-ethyl adjacent to an activating group) is 1. The zero-order valence-electron chi connectivity index (χ0n) is 14.9. The lowest BCUT2D eigenvalue weighted by Gasteiger charge is -2.11. The van der Waals surface area contributed by atoms with Crippen molar-refractivity contribution in [3.63, 3.8) is 0 Å². The molecule has 0 aliphatic carbocycles. The predicted octanol–water partition coefficient (Wildman–Crippen LogP) is 3.56. The summed E-state index contributed by atoms with van der Waals surface area (Å²) >= 11 is 0. The fourth-order valence-corrected chi connectivity index (χ4v) is 2.35. The largest absolute Gasteiger partial charge is 0.497 e. The maximum atomic E-state index is 12.9. The van der Waals surface area contributed by atoms with Gasteiger partial charge in [0.25, 0.3) is 0 Å². The van der Waals surface area contributed by atoms with E-state index < -0.39 is 0 Å². The molecular weight excluding hydrogens is 349 g/mol. The number of carbonyl (C=O) groups is 1. The lowest BCUT2D eigenvalue weighted by atomic mass is 10.2. The maximum absolute atomic E-state index is 12.9. The second kappa shape index (κ2) is 8.27. The fraction of sp³-hybridized carbons (Fsp3) is 0.150. The molecule has 138 valence electrons. The van der Waals surface area contributed by atoms with Crippen LogP contribution in [0, 0.1) is 5.82 Å². The van der Waals surface area contributed by atoms with Crippen LogP contribution in [0.25, 0.3) is 17.5 Å². The van der Waals surface area contributed by atoms with Crippen LogP contribution in [0.15, 0.2) is 59.1 Å². The molecule has 3 aromatic rings. The first kappa shape index (κ1) is 18.3. The van der Waals surface area contributed by atoms with Gasteiger partial charge in [-0.25, -0.2) is 4.39 Å². The number of hydrogen-bond acceptors (Lipinski definition) is 5. The Hall–Kier alpha value is -3.48. The van der Waals surface area contributed by atoms with E-state index in [9.17, 15) is 9.18 Å². The Bertz CT molecular complexity index is 951. The summed E-state index contributed by atoms with van der Waals surface area (Å²) in [6.07, 6.45) is 3.03. The summed E-state index contributed by atoms with van der Waals surface area (Å²) < 4.78 is 23.3. The van der Waals surface area contributed by atoms with E-state index in [4.69, 9.17) is 9.26 Å². The van der Waals surface area contributed by atoms with Gasteiger partial charge in [0, 0.05) is 18.7 Å². The Labute approximate surface area is 155 Å². The number of halogens is 1. The van der Waals surface area contributed by atoms with Crippen LogP contribution in [-0.2, 0) is 11.3 Å². The molecule has 0 aliphatic heterocycles. The minimum Gasteiger partial charge on any atom is -0.497 e. The molecule has 3 rings (SSSR count). The Morgan fingerprint density at radius 2 is 2.04 bits per heavy atom. The number of hydrogen-bond donors (Lipinski definition) is 0. The van der Waals surface area contributed by atoms with Crippen LogP contribution >= 0.6 is 0 Å². The van der Waals surface area contributed by atoms with Gasteiger partial charge >= 0.3 is 0 Å². The standard InChI is InChI=1S/C20H18FN3O3/c1-24(19(25)11-8-14-6-9-16(21)10-7-14)13-18-22-20(23-27-18)15-4-3-5-17(12-15)26-2/h3-12H,13H2,1-2H3/b11-8+. The molecule has 6 nitrogen and oxygen atoms in total. The number of benzene rings is 2. The van der Waals surface area contributed by atoms with Crippen molar-refractivity contribution in [2.45, 2.75) is 6.54 Å². The van der Waals surface area contributed by atoms with Gasteiger partial charge in [0.2, 0.25) is 17.6 Å². The van der Waals surface area contributed by atoms with Gasteiger partial charge in [-0.3, -0.25) is 4.79 Å². The number of rotatable bonds is 6. The highest BCUT2D eigenvalue weighted by atomic mass is 19.1. The van der Waals surface area contributed by atoms with Crippen LogP contribution in [-0.4, -0.2) is 35.1 Å². The number of carbonyl (C=O) groups excluding carboxylic acids is 1. The summed E-state index contributed by atoms with van der Waals surface area (Å²) in [5.41, 5.74) is 1.49. The number of aromatic nitrogens is 2. The molecule has 27 heavy (non-hydrogen) atoms. The van der Waals surface area contributed by atoms with Gasteiger partial charge in [0.15, 0.2) is 0 Å². The van der Waals surface area contributed by atoms with Crippen LogP contribution in [0.1, 0.15) is 11.5 Å². The molecular formula is C20H18FN3O3. The van der Waals surface area contributed by atoms with E-state index in [1.807, 2.05) is 18.2 Å². The van der Waals surface area contributed by atoms with Gasteiger partial charge in [-0.2, -0.15) is 4.98 Å². The minimum atomic E-state index is -0.321. The van der Waals surface area contributed by atoms with E-state index in [0.29, 0.717) is 17.5 Å². The summed E-state index contributed by atoms with van der Waals surface area (Å²) in [7, 11) is 3.22. The van der Waals surface area contributed by atoms with Crippen molar-refractivity contribution in [2.75, 3.05) is 14.2 Å². The average molecular weight is 367 g/mol. The van der Waals surface area contributed by atoms with Gasteiger partial charge < -0.3 is 14.2 Å². The topological polar surface area (TPSA) is 68.5 Å². The Morgan fingerprint density at radius 1 is 1.26 bits per heavy atom. The molecule has 0 radical (unpaired) electrons. The molecule has 1 amide bonds. The summed E-state index contributed by atoms with van der Waals surface area (Å²) in [5, 5.41) is 3.94. The predicted molar refractivity (Wildman–Crippen MR) is 98.2 cm³/mol. The van der Waals surface area contributed by atoms with Crippen LogP contribution in [0.2, 0.25) is 0 Å². The Balaban J connectivity index is 1.63. The molecule has 0 fully saturated rings. The summed E-state index contributed by atoms with van der Waals surface area (Å²) in [4.78, 5) is 18.0. The third-order valence-electron chi connectivity index (χ3n) is 3.83. The van der Waals surface area contributed by atoms with Crippen molar-refractivity contribution in [1.29, 1.82) is 0 Å². The SMILES string of the molecule is COc1cccc(-c2noc(CN(C)C(=O)/C=C/c3ccc(F)cc3)n2)c1. The van der Waals surface area contributed by atoms with E-state index in [-0.39, 0.29) is 18.3 Å². The quantitative estimate of drug-likeness (QED) is 0.623. The van der Waals surface area contributed by atoms with Gasteiger partial charge in [-0.05, 0) is 35.9 Å². The number of methoxy groups -OCH3 is 1. The van der Waals surface area contributed by atoms with Crippen molar-refractivity contribution in [2.24, 2.45) is 0 Å². The molecule has 0 saturated heterocycles. The zero-order valence-corrected chi connectivity index (χ0v) is 14.9. The molecule has 0 spiro atoms. The van der Waals surface area contributed by atoms with Crippen molar-refractivity contribution < 1.29 is 18.4 Å². The highest BCUT2D eigenvalue weighted by molar-refractivity contribution is 5.91. The van der Waals surface area contributed by atoms with Crippen LogP contribution in [0.5, 0.6) is 5.75 Å². The first-order chi connectivity index (χ1) is 13.0. The summed E-state index contributed by atoms with van der Waals surface area (Å²) in [6.45, 7) is 0.170. The first-order valence-electron chi connectivity index (χ1n) is 8.21. The van der Waals surface area contributed by atoms with E-state index in [2.05, 4.69) is 10.1 Å². The van der Waals surface area contributed by atoms with Crippen molar-refractivity contribution in [3.05, 3.63) is 71.9 Å². The van der Waals surface area contributed by atoms with Crippen LogP contribution < -0.4 is 4.74 Å². The zero-order chi connectivity index (χ0) is 19.2.